The molecule has 1 saturated heterocycles. The zero-order valence-corrected chi connectivity index (χ0v) is 17.8. The number of esters is 1. The van der Waals surface area contributed by atoms with Crippen LogP contribution in [0.25, 0.3) is 0 Å². The minimum absolute atomic E-state index is 0.189. The average molecular weight is 420 g/mol. The molecule has 0 N–H and O–H groups in total. The maximum absolute atomic E-state index is 12.6. The molecular weight excluding hydrogens is 394 g/mol. The van der Waals surface area contributed by atoms with E-state index < -0.39 is 5.97 Å². The highest BCUT2D eigenvalue weighted by atomic mass is 35.5. The number of rotatable bonds is 8. The lowest BCUT2D eigenvalue weighted by atomic mass is 10.1. The van der Waals surface area contributed by atoms with Gasteiger partial charge in [0.05, 0.1) is 6.10 Å². The van der Waals surface area contributed by atoms with Gasteiger partial charge in [-0.25, -0.2) is 4.79 Å². The highest BCUT2D eigenvalue weighted by Gasteiger charge is 2.21. The lowest BCUT2D eigenvalue weighted by Crippen LogP contribution is -2.20. The van der Waals surface area contributed by atoms with Gasteiger partial charge in [-0.15, -0.1) is 0 Å². The van der Waals surface area contributed by atoms with E-state index in [-0.39, 0.29) is 25.1 Å². The number of hydrogen-bond acceptors (Lipinski definition) is 5. The predicted molar refractivity (Wildman–Crippen MR) is 110 cm³/mol. The topological polar surface area (TPSA) is 66.8 Å². The second-order valence-corrected chi connectivity index (χ2v) is 7.75. The summed E-state index contributed by atoms with van der Waals surface area (Å²) >= 11 is 5.90. The van der Waals surface area contributed by atoms with E-state index in [2.05, 4.69) is 4.57 Å². The van der Waals surface area contributed by atoms with Gasteiger partial charge in [-0.05, 0) is 63.4 Å². The first kappa shape index (κ1) is 21.4. The van der Waals surface area contributed by atoms with E-state index in [1.807, 2.05) is 26.8 Å². The molecule has 0 aliphatic carbocycles. The highest BCUT2D eigenvalue weighted by molar-refractivity contribution is 6.30. The molecule has 1 atom stereocenters. The second kappa shape index (κ2) is 9.46. The first-order valence-electron chi connectivity index (χ1n) is 9.71. The molecule has 0 bridgehead atoms. The standard InChI is InChI=1S/C22H26ClNO5/c1-14-9-17(23)6-7-21(14)28-13-22(26)29-12-20(25)19-10-15(2)24(16(19)3)11-18-5-4-8-27-18/h6-7,9-10,18H,4-5,8,11-13H2,1-3H3/t18-/m1/s1. The van der Waals surface area contributed by atoms with Crippen LogP contribution in [0.4, 0.5) is 0 Å². The van der Waals surface area contributed by atoms with Crippen molar-refractivity contribution in [2.45, 2.75) is 46.3 Å². The molecule has 29 heavy (non-hydrogen) atoms. The normalized spacial score (nSPS) is 16.1. The molecule has 6 nitrogen and oxygen atoms in total. The van der Waals surface area contributed by atoms with E-state index in [1.54, 1.807) is 18.2 Å². The van der Waals surface area contributed by atoms with Crippen molar-refractivity contribution in [3.63, 3.8) is 0 Å². The van der Waals surface area contributed by atoms with Gasteiger partial charge in [0.2, 0.25) is 5.78 Å². The van der Waals surface area contributed by atoms with Crippen LogP contribution in [0.3, 0.4) is 0 Å². The molecule has 156 valence electrons. The molecule has 2 heterocycles. The molecule has 1 aliphatic rings. The quantitative estimate of drug-likeness (QED) is 0.477. The highest BCUT2D eigenvalue weighted by Crippen LogP contribution is 2.22. The molecule has 0 amide bonds. The summed E-state index contributed by atoms with van der Waals surface area (Å²) in [6.07, 6.45) is 2.29. The molecule has 2 aromatic rings. The maximum Gasteiger partial charge on any atom is 0.344 e. The van der Waals surface area contributed by atoms with Crippen molar-refractivity contribution < 1.29 is 23.8 Å². The van der Waals surface area contributed by atoms with Gasteiger partial charge < -0.3 is 18.8 Å². The van der Waals surface area contributed by atoms with Crippen LogP contribution in [0.1, 0.15) is 40.2 Å². The molecule has 1 aromatic heterocycles. The van der Waals surface area contributed by atoms with Crippen LogP contribution >= 0.6 is 11.6 Å². The summed E-state index contributed by atoms with van der Waals surface area (Å²) in [6.45, 7) is 6.65. The molecule has 0 spiro atoms. The third kappa shape index (κ3) is 5.40. The van der Waals surface area contributed by atoms with Gasteiger partial charge in [0, 0.05) is 35.1 Å². The van der Waals surface area contributed by atoms with Crippen molar-refractivity contribution >= 4 is 23.4 Å². The Morgan fingerprint density at radius 1 is 1.21 bits per heavy atom. The Bertz CT molecular complexity index is 899. The van der Waals surface area contributed by atoms with E-state index in [4.69, 9.17) is 25.8 Å². The summed E-state index contributed by atoms with van der Waals surface area (Å²) in [5.74, 6) is -0.274. The summed E-state index contributed by atoms with van der Waals surface area (Å²) in [7, 11) is 0. The largest absolute Gasteiger partial charge is 0.482 e. The Labute approximate surface area is 175 Å². The first-order chi connectivity index (χ1) is 13.8. The number of carbonyl (C=O) groups is 2. The summed E-state index contributed by atoms with van der Waals surface area (Å²) in [5.41, 5.74) is 3.25. The van der Waals surface area contributed by atoms with Gasteiger partial charge in [0.15, 0.2) is 13.2 Å². The molecular formula is C22H26ClNO5. The second-order valence-electron chi connectivity index (χ2n) is 7.31. The van der Waals surface area contributed by atoms with Crippen LogP contribution in [-0.2, 0) is 20.8 Å². The smallest absolute Gasteiger partial charge is 0.344 e. The monoisotopic (exact) mass is 419 g/mol. The van der Waals surface area contributed by atoms with Crippen LogP contribution < -0.4 is 4.74 Å². The summed E-state index contributed by atoms with van der Waals surface area (Å²) in [5, 5.41) is 0.597. The Morgan fingerprint density at radius 3 is 2.69 bits per heavy atom. The molecule has 1 aliphatic heterocycles. The van der Waals surface area contributed by atoms with E-state index in [1.165, 1.54) is 0 Å². The number of halogens is 1. The van der Waals surface area contributed by atoms with E-state index in [0.717, 1.165) is 42.9 Å². The lowest BCUT2D eigenvalue weighted by molar-refractivity contribution is -0.144. The van der Waals surface area contributed by atoms with Crippen molar-refractivity contribution in [3.05, 3.63) is 51.8 Å². The van der Waals surface area contributed by atoms with E-state index in [0.29, 0.717) is 16.3 Å². The van der Waals surface area contributed by atoms with Crippen molar-refractivity contribution in [1.82, 2.24) is 4.57 Å². The number of Topliss-reactive ketones (excluding diaryl/α,β-unsaturated/α-hetero) is 1. The van der Waals surface area contributed by atoms with Gasteiger partial charge in [0.25, 0.3) is 0 Å². The number of ketones is 1. The van der Waals surface area contributed by atoms with Crippen molar-refractivity contribution in [2.24, 2.45) is 0 Å². The minimum Gasteiger partial charge on any atom is -0.482 e. The molecule has 7 heteroatoms. The van der Waals surface area contributed by atoms with E-state index >= 15 is 0 Å². The third-order valence-electron chi connectivity index (χ3n) is 5.13. The van der Waals surface area contributed by atoms with Gasteiger partial charge in [-0.2, -0.15) is 0 Å². The molecule has 0 saturated carbocycles. The number of aromatic nitrogens is 1. The lowest BCUT2D eigenvalue weighted by Gasteiger charge is -2.14. The molecule has 0 radical (unpaired) electrons. The van der Waals surface area contributed by atoms with Crippen LogP contribution in [0.5, 0.6) is 5.75 Å². The Balaban J connectivity index is 1.52. The summed E-state index contributed by atoms with van der Waals surface area (Å²) in [4.78, 5) is 24.5. The van der Waals surface area contributed by atoms with Crippen LogP contribution in [-0.4, -0.2) is 42.2 Å². The van der Waals surface area contributed by atoms with Gasteiger partial charge in [-0.3, -0.25) is 4.79 Å². The Morgan fingerprint density at radius 2 is 2.00 bits per heavy atom. The fourth-order valence-electron chi connectivity index (χ4n) is 3.53. The van der Waals surface area contributed by atoms with Crippen LogP contribution in [0.15, 0.2) is 24.3 Å². The average Bonchev–Trinajstić information content (AvgIpc) is 3.29. The number of ether oxygens (including phenoxy) is 3. The molecule has 1 fully saturated rings. The summed E-state index contributed by atoms with van der Waals surface area (Å²) in [6, 6.07) is 6.97. The number of hydrogen-bond donors (Lipinski definition) is 0. The van der Waals surface area contributed by atoms with Crippen LogP contribution in [0.2, 0.25) is 5.02 Å². The third-order valence-corrected chi connectivity index (χ3v) is 5.37. The van der Waals surface area contributed by atoms with Gasteiger partial charge >= 0.3 is 5.97 Å². The molecule has 0 unspecified atom stereocenters. The van der Waals surface area contributed by atoms with E-state index in [9.17, 15) is 9.59 Å². The minimum atomic E-state index is -0.596. The molecule has 1 aromatic carbocycles. The van der Waals surface area contributed by atoms with Crippen molar-refractivity contribution in [2.75, 3.05) is 19.8 Å². The number of benzene rings is 1. The SMILES string of the molecule is Cc1cc(Cl)ccc1OCC(=O)OCC(=O)c1cc(C)n(C[C@H]2CCCO2)c1C. The fourth-order valence-corrected chi connectivity index (χ4v) is 3.76. The Hall–Kier alpha value is -2.31. The zero-order chi connectivity index (χ0) is 21.0. The Kier molecular flexibility index (Phi) is 6.98. The maximum atomic E-state index is 12.6. The van der Waals surface area contributed by atoms with Gasteiger partial charge in [0.1, 0.15) is 5.75 Å². The number of carbonyl (C=O) groups excluding carboxylic acids is 2. The fraction of sp³-hybridized carbons (Fsp3) is 0.455. The predicted octanol–water partition coefficient (Wildman–Crippen LogP) is 4.05. The molecule has 3 rings (SSSR count). The first-order valence-corrected chi connectivity index (χ1v) is 10.1. The van der Waals surface area contributed by atoms with Crippen molar-refractivity contribution in [3.8, 4) is 5.75 Å². The zero-order valence-electron chi connectivity index (χ0n) is 17.0. The number of nitrogens with zero attached hydrogens (tertiary/aromatic N) is 1. The van der Waals surface area contributed by atoms with Crippen molar-refractivity contribution in [1.29, 1.82) is 0 Å². The van der Waals surface area contributed by atoms with Gasteiger partial charge in [-0.1, -0.05) is 11.6 Å². The number of aryl methyl sites for hydroxylation is 2. The van der Waals surface area contributed by atoms with Crippen LogP contribution in [0, 0.1) is 20.8 Å². The summed E-state index contributed by atoms with van der Waals surface area (Å²) < 4.78 is 18.4.